The van der Waals surface area contributed by atoms with E-state index in [1.807, 2.05) is 0 Å². The number of ether oxygens (including phenoxy) is 1. The Balaban J connectivity index is 0.00000162. The lowest BCUT2D eigenvalue weighted by Crippen LogP contribution is -2.24. The van der Waals surface area contributed by atoms with Gasteiger partial charge in [0.1, 0.15) is 5.75 Å². The third-order valence-corrected chi connectivity index (χ3v) is 3.16. The molecule has 1 atom stereocenters. The normalized spacial score (nSPS) is 18.0. The average molecular weight is 291 g/mol. The van der Waals surface area contributed by atoms with Crippen LogP contribution in [0.3, 0.4) is 0 Å². The van der Waals surface area contributed by atoms with Crippen molar-refractivity contribution in [3.63, 3.8) is 0 Å². The van der Waals surface area contributed by atoms with Crippen LogP contribution in [0.15, 0.2) is 18.2 Å². The average Bonchev–Trinajstić information content (AvgIpc) is 2.85. The number of hydrogen-bond acceptors (Lipinski definition) is 3. The number of anilines is 1. The van der Waals surface area contributed by atoms with Gasteiger partial charge in [-0.3, -0.25) is 4.79 Å². The van der Waals surface area contributed by atoms with Gasteiger partial charge in [-0.15, -0.1) is 12.4 Å². The van der Waals surface area contributed by atoms with Gasteiger partial charge in [0.05, 0.1) is 18.1 Å². The molecule has 1 aliphatic heterocycles. The second-order valence-electron chi connectivity index (χ2n) is 4.03. The van der Waals surface area contributed by atoms with Gasteiger partial charge in [-0.2, -0.15) is 0 Å². The van der Waals surface area contributed by atoms with Crippen LogP contribution in [-0.4, -0.2) is 26.1 Å². The van der Waals surface area contributed by atoms with E-state index >= 15 is 0 Å². The van der Waals surface area contributed by atoms with E-state index < -0.39 is 0 Å². The third kappa shape index (κ3) is 3.51. The zero-order chi connectivity index (χ0) is 12.3. The Bertz CT molecular complexity index is 421. The fourth-order valence-corrected chi connectivity index (χ4v) is 2.06. The summed E-state index contributed by atoms with van der Waals surface area (Å²) in [5.74, 6) is 0.657. The summed E-state index contributed by atoms with van der Waals surface area (Å²) in [6, 6.07) is 5.21. The lowest BCUT2D eigenvalue weighted by atomic mass is 10.1. The van der Waals surface area contributed by atoms with Crippen LogP contribution in [0.2, 0.25) is 5.02 Å². The lowest BCUT2D eigenvalue weighted by Gasteiger charge is -2.11. The minimum atomic E-state index is 0. The summed E-state index contributed by atoms with van der Waals surface area (Å²) in [7, 11) is 1.55. The molecular formula is C12H16Cl2N2O2. The SMILES string of the molecule is COc1cc(NC(=O)C2CCNC2)ccc1Cl.Cl. The van der Waals surface area contributed by atoms with Crippen LogP contribution < -0.4 is 15.4 Å². The molecule has 6 heteroatoms. The summed E-state index contributed by atoms with van der Waals surface area (Å²) in [6.07, 6.45) is 0.885. The maximum atomic E-state index is 11.9. The van der Waals surface area contributed by atoms with Crippen molar-refractivity contribution in [2.45, 2.75) is 6.42 Å². The molecule has 2 N–H and O–H groups in total. The van der Waals surface area contributed by atoms with Gasteiger partial charge in [0.2, 0.25) is 5.91 Å². The van der Waals surface area contributed by atoms with Crippen molar-refractivity contribution in [2.75, 3.05) is 25.5 Å². The molecule has 0 aliphatic carbocycles. The number of nitrogens with one attached hydrogen (secondary N) is 2. The van der Waals surface area contributed by atoms with Crippen LogP contribution in [-0.2, 0) is 4.79 Å². The maximum absolute atomic E-state index is 11.9. The number of rotatable bonds is 3. The molecule has 0 radical (unpaired) electrons. The number of hydrogen-bond donors (Lipinski definition) is 2. The minimum absolute atomic E-state index is 0. The van der Waals surface area contributed by atoms with Crippen LogP contribution in [0.4, 0.5) is 5.69 Å². The van der Waals surface area contributed by atoms with E-state index in [0.29, 0.717) is 16.5 Å². The van der Waals surface area contributed by atoms with Crippen LogP contribution in [0.5, 0.6) is 5.75 Å². The molecule has 2 rings (SSSR count). The summed E-state index contributed by atoms with van der Waals surface area (Å²) < 4.78 is 5.10. The predicted molar refractivity (Wildman–Crippen MR) is 74.9 cm³/mol. The van der Waals surface area contributed by atoms with Crippen LogP contribution >= 0.6 is 24.0 Å². The van der Waals surface area contributed by atoms with Gasteiger partial charge in [0.15, 0.2) is 0 Å². The van der Waals surface area contributed by atoms with Gasteiger partial charge in [-0.25, -0.2) is 0 Å². The Morgan fingerprint density at radius 3 is 2.94 bits per heavy atom. The van der Waals surface area contributed by atoms with Crippen molar-refractivity contribution in [2.24, 2.45) is 5.92 Å². The molecule has 1 unspecified atom stereocenters. The zero-order valence-corrected chi connectivity index (χ0v) is 11.6. The highest BCUT2D eigenvalue weighted by Crippen LogP contribution is 2.27. The number of benzene rings is 1. The molecule has 1 aromatic rings. The molecule has 1 heterocycles. The Kier molecular flexibility index (Phi) is 5.72. The number of amides is 1. The fourth-order valence-electron chi connectivity index (χ4n) is 1.86. The standard InChI is InChI=1S/C12H15ClN2O2.ClH/c1-17-11-6-9(2-3-10(11)13)15-12(16)8-4-5-14-7-8;/h2-3,6,8,14H,4-5,7H2,1H3,(H,15,16);1H. The van der Waals surface area contributed by atoms with Crippen LogP contribution in [0.25, 0.3) is 0 Å². The molecule has 0 saturated carbocycles. The summed E-state index contributed by atoms with van der Waals surface area (Å²) in [4.78, 5) is 11.9. The van der Waals surface area contributed by atoms with Crippen molar-refractivity contribution >= 4 is 35.6 Å². The number of methoxy groups -OCH3 is 1. The molecule has 1 aliphatic rings. The molecule has 1 amide bonds. The summed E-state index contributed by atoms with van der Waals surface area (Å²) in [5.41, 5.74) is 0.711. The van der Waals surface area contributed by atoms with E-state index in [0.717, 1.165) is 19.5 Å². The smallest absolute Gasteiger partial charge is 0.228 e. The van der Waals surface area contributed by atoms with Crippen LogP contribution in [0.1, 0.15) is 6.42 Å². The van der Waals surface area contributed by atoms with Crippen molar-refractivity contribution in [1.29, 1.82) is 0 Å². The van der Waals surface area contributed by atoms with E-state index in [-0.39, 0.29) is 24.2 Å². The Morgan fingerprint density at radius 1 is 1.56 bits per heavy atom. The van der Waals surface area contributed by atoms with E-state index in [9.17, 15) is 4.79 Å². The van der Waals surface area contributed by atoms with Crippen LogP contribution in [0, 0.1) is 5.92 Å². The Hall–Kier alpha value is -0.970. The molecule has 100 valence electrons. The summed E-state index contributed by atoms with van der Waals surface area (Å²) >= 11 is 5.91. The first-order valence-corrected chi connectivity index (χ1v) is 5.93. The van der Waals surface area contributed by atoms with E-state index in [1.165, 1.54) is 0 Å². The first-order valence-electron chi connectivity index (χ1n) is 5.56. The van der Waals surface area contributed by atoms with Crippen molar-refractivity contribution in [1.82, 2.24) is 5.32 Å². The van der Waals surface area contributed by atoms with Gasteiger partial charge in [0.25, 0.3) is 0 Å². The van der Waals surface area contributed by atoms with Gasteiger partial charge >= 0.3 is 0 Å². The largest absolute Gasteiger partial charge is 0.495 e. The number of halogens is 2. The Morgan fingerprint density at radius 2 is 2.33 bits per heavy atom. The van der Waals surface area contributed by atoms with E-state index in [2.05, 4.69) is 10.6 Å². The van der Waals surface area contributed by atoms with E-state index in [4.69, 9.17) is 16.3 Å². The highest BCUT2D eigenvalue weighted by atomic mass is 35.5. The van der Waals surface area contributed by atoms with Gasteiger partial charge in [0, 0.05) is 18.3 Å². The first-order chi connectivity index (χ1) is 8.20. The topological polar surface area (TPSA) is 50.4 Å². The third-order valence-electron chi connectivity index (χ3n) is 2.85. The molecule has 0 bridgehead atoms. The second-order valence-corrected chi connectivity index (χ2v) is 4.44. The van der Waals surface area contributed by atoms with Crippen molar-refractivity contribution in [3.05, 3.63) is 23.2 Å². The molecular weight excluding hydrogens is 275 g/mol. The maximum Gasteiger partial charge on any atom is 0.228 e. The van der Waals surface area contributed by atoms with E-state index in [1.54, 1.807) is 25.3 Å². The first kappa shape index (κ1) is 15.1. The number of carbonyl (C=O) groups excluding carboxylic acids is 1. The fraction of sp³-hybridized carbons (Fsp3) is 0.417. The number of carbonyl (C=O) groups is 1. The van der Waals surface area contributed by atoms with Gasteiger partial charge < -0.3 is 15.4 Å². The lowest BCUT2D eigenvalue weighted by molar-refractivity contribution is -0.119. The molecule has 18 heavy (non-hydrogen) atoms. The zero-order valence-electron chi connectivity index (χ0n) is 10.0. The van der Waals surface area contributed by atoms with Gasteiger partial charge in [-0.1, -0.05) is 11.6 Å². The highest BCUT2D eigenvalue weighted by molar-refractivity contribution is 6.32. The molecule has 1 fully saturated rings. The summed E-state index contributed by atoms with van der Waals surface area (Å²) in [5, 5.41) is 6.57. The highest BCUT2D eigenvalue weighted by Gasteiger charge is 2.22. The molecule has 1 aromatic carbocycles. The second kappa shape index (κ2) is 6.83. The van der Waals surface area contributed by atoms with Crippen molar-refractivity contribution < 1.29 is 9.53 Å². The minimum Gasteiger partial charge on any atom is -0.495 e. The quantitative estimate of drug-likeness (QED) is 0.898. The molecule has 4 nitrogen and oxygen atoms in total. The molecule has 0 aromatic heterocycles. The predicted octanol–water partition coefficient (Wildman–Crippen LogP) is 2.32. The Labute approximate surface area is 117 Å². The summed E-state index contributed by atoms with van der Waals surface area (Å²) in [6.45, 7) is 1.65. The van der Waals surface area contributed by atoms with Crippen molar-refractivity contribution in [3.8, 4) is 5.75 Å². The molecule has 0 spiro atoms. The van der Waals surface area contributed by atoms with Gasteiger partial charge in [-0.05, 0) is 25.1 Å². The monoisotopic (exact) mass is 290 g/mol. The molecule has 1 saturated heterocycles.